The first-order chi connectivity index (χ1) is 8.66. The van der Waals surface area contributed by atoms with E-state index < -0.39 is 0 Å². The Morgan fingerprint density at radius 3 is 2.67 bits per heavy atom. The lowest BCUT2D eigenvalue weighted by molar-refractivity contribution is -0.456. The molecule has 8 nitrogen and oxygen atoms in total. The Balaban J connectivity index is 2.11. The zero-order valence-electron chi connectivity index (χ0n) is 9.24. The van der Waals surface area contributed by atoms with Gasteiger partial charge in [0.15, 0.2) is 11.5 Å². The van der Waals surface area contributed by atoms with E-state index >= 15 is 0 Å². The molecule has 92 valence electrons. The van der Waals surface area contributed by atoms with Crippen molar-refractivity contribution >= 4 is 17.9 Å². The molecule has 0 unspecified atom stereocenters. The average molecular weight is 247 g/mol. The second-order valence-corrected chi connectivity index (χ2v) is 3.36. The number of aromatic hydroxyl groups is 1. The zero-order chi connectivity index (χ0) is 13.0. The van der Waals surface area contributed by atoms with Crippen molar-refractivity contribution in [3.05, 3.63) is 35.5 Å². The monoisotopic (exact) mass is 247 g/mol. The number of aromatic nitrogens is 2. The largest absolute Gasteiger partial charge is 0.508 e. The highest BCUT2D eigenvalue weighted by Gasteiger charge is 2.11. The van der Waals surface area contributed by atoms with E-state index in [0.717, 1.165) is 5.56 Å². The maximum Gasteiger partial charge on any atom is 0.224 e. The number of nitrogens with two attached hydrogens (primary N) is 2. The molecule has 6 N–H and O–H groups in total. The van der Waals surface area contributed by atoms with Crippen LogP contribution in [0.15, 0.2) is 34.0 Å². The van der Waals surface area contributed by atoms with Crippen LogP contribution in [0.25, 0.3) is 0 Å². The Bertz CT molecular complexity index is 587. The Kier molecular flexibility index (Phi) is 3.19. The van der Waals surface area contributed by atoms with Gasteiger partial charge >= 0.3 is 0 Å². The van der Waals surface area contributed by atoms with Crippen LogP contribution in [0, 0.1) is 0 Å². The zero-order valence-corrected chi connectivity index (χ0v) is 9.24. The molecule has 0 aliphatic carbocycles. The van der Waals surface area contributed by atoms with Crippen molar-refractivity contribution in [1.82, 2.24) is 10.3 Å². The number of phenolic OH excluding ortho intramolecular Hbond substituents is 1. The molecule has 0 saturated heterocycles. The summed E-state index contributed by atoms with van der Waals surface area (Å²) in [5, 5.41) is 22.4. The molecular weight excluding hydrogens is 236 g/mol. The standard InChI is InChI=1S/C10H10N6O2/c11-9(8-10(12)16-18-15-8)14-13-5-6-1-3-7(17)4-2-6/h1-5,17H,(H2,11,14)(H2,12,16)/p+1. The molecular formula is C10H11N6O2+. The minimum atomic E-state index is 0.0591. The normalized spacial score (nSPS) is 12.1. The molecule has 18 heavy (non-hydrogen) atoms. The number of benzene rings is 1. The summed E-state index contributed by atoms with van der Waals surface area (Å²) >= 11 is 0. The van der Waals surface area contributed by atoms with Crippen LogP contribution in [-0.2, 0) is 0 Å². The quantitative estimate of drug-likeness (QED) is 0.286. The highest BCUT2D eigenvalue weighted by molar-refractivity contribution is 5.98. The second kappa shape index (κ2) is 4.95. The maximum absolute atomic E-state index is 9.10. The number of hydrogen-bond donors (Lipinski definition) is 4. The molecule has 0 aliphatic rings. The van der Waals surface area contributed by atoms with Gasteiger partial charge in [0.1, 0.15) is 5.75 Å². The molecule has 0 aliphatic heterocycles. The molecule has 0 saturated carbocycles. The van der Waals surface area contributed by atoms with Gasteiger partial charge in [0.05, 0.1) is 0 Å². The fourth-order valence-electron chi connectivity index (χ4n) is 1.17. The third-order valence-electron chi connectivity index (χ3n) is 2.07. The highest BCUT2D eigenvalue weighted by Crippen LogP contribution is 2.06. The molecule has 0 atom stereocenters. The van der Waals surface area contributed by atoms with Gasteiger partial charge in [0.2, 0.25) is 12.1 Å². The van der Waals surface area contributed by atoms with E-state index in [1.54, 1.807) is 30.5 Å². The molecule has 2 rings (SSSR count). The van der Waals surface area contributed by atoms with Crippen molar-refractivity contribution in [2.24, 2.45) is 10.8 Å². The Morgan fingerprint density at radius 2 is 2.06 bits per heavy atom. The number of rotatable bonds is 3. The number of nitrogens with zero attached hydrogens (tertiary/aromatic N) is 3. The van der Waals surface area contributed by atoms with Gasteiger partial charge in [-0.1, -0.05) is 0 Å². The summed E-state index contributed by atoms with van der Waals surface area (Å²) in [5.74, 6) is 0.322. The summed E-state index contributed by atoms with van der Waals surface area (Å²) in [5.41, 5.74) is 12.1. The predicted octanol–water partition coefficient (Wildman–Crippen LogP) is -1.82. The molecule has 1 aromatic carbocycles. The van der Waals surface area contributed by atoms with Crippen molar-refractivity contribution < 1.29 is 14.8 Å². The van der Waals surface area contributed by atoms with Crippen LogP contribution >= 0.6 is 0 Å². The first-order valence-corrected chi connectivity index (χ1v) is 4.96. The summed E-state index contributed by atoms with van der Waals surface area (Å²) in [6.45, 7) is 0. The maximum atomic E-state index is 9.10. The van der Waals surface area contributed by atoms with Gasteiger partial charge in [0.25, 0.3) is 0 Å². The molecule has 0 radical (unpaired) electrons. The van der Waals surface area contributed by atoms with Crippen LogP contribution in [-0.4, -0.2) is 27.5 Å². The van der Waals surface area contributed by atoms with E-state index in [0.29, 0.717) is 0 Å². The molecule has 0 fully saturated rings. The van der Waals surface area contributed by atoms with Crippen LogP contribution in [0.1, 0.15) is 11.3 Å². The molecule has 8 heteroatoms. The minimum absolute atomic E-state index is 0.0591. The summed E-state index contributed by atoms with van der Waals surface area (Å²) in [4.78, 5) is 0. The van der Waals surface area contributed by atoms with Crippen LogP contribution in [0.5, 0.6) is 5.75 Å². The summed E-state index contributed by atoms with van der Waals surface area (Å²) in [7, 11) is 0. The Hall–Kier alpha value is -2.90. The number of hydrogen-bond acceptors (Lipinski definition) is 6. The van der Waals surface area contributed by atoms with Crippen molar-refractivity contribution in [2.75, 3.05) is 5.73 Å². The van der Waals surface area contributed by atoms with Gasteiger partial charge in [-0.05, 0) is 34.6 Å². The lowest BCUT2D eigenvalue weighted by atomic mass is 10.2. The minimum Gasteiger partial charge on any atom is -0.508 e. The van der Waals surface area contributed by atoms with Crippen LogP contribution in [0.3, 0.4) is 0 Å². The average Bonchev–Trinajstić information content (AvgIpc) is 2.78. The fourth-order valence-corrected chi connectivity index (χ4v) is 1.17. The number of nitrogen functional groups attached to an aromatic ring is 1. The van der Waals surface area contributed by atoms with Gasteiger partial charge in [-0.3, -0.25) is 0 Å². The summed E-state index contributed by atoms with van der Waals surface area (Å²) in [6.07, 6.45) is 1.59. The van der Waals surface area contributed by atoms with Crippen LogP contribution in [0.4, 0.5) is 5.82 Å². The van der Waals surface area contributed by atoms with Crippen LogP contribution < -0.4 is 16.6 Å². The van der Waals surface area contributed by atoms with Crippen LogP contribution in [0.2, 0.25) is 0 Å². The molecule has 0 amide bonds. The van der Waals surface area contributed by atoms with Crippen molar-refractivity contribution in [3.63, 3.8) is 0 Å². The lowest BCUT2D eigenvalue weighted by Gasteiger charge is -1.89. The number of anilines is 1. The number of amidine groups is 1. The first kappa shape index (κ1) is 11.6. The predicted molar refractivity (Wildman–Crippen MR) is 63.7 cm³/mol. The van der Waals surface area contributed by atoms with Gasteiger partial charge in [-0.25, -0.2) is 4.63 Å². The second-order valence-electron chi connectivity index (χ2n) is 3.36. The van der Waals surface area contributed by atoms with E-state index in [1.807, 2.05) is 0 Å². The van der Waals surface area contributed by atoms with Gasteiger partial charge < -0.3 is 16.6 Å². The molecule has 1 heterocycles. The molecule has 2 aromatic rings. The third kappa shape index (κ3) is 2.61. The number of hydrazone groups is 1. The Labute approximate surface area is 102 Å². The number of nitrogens with one attached hydrogen (secondary N) is 1. The van der Waals surface area contributed by atoms with Crippen molar-refractivity contribution in [3.8, 4) is 5.75 Å². The van der Waals surface area contributed by atoms with Crippen molar-refractivity contribution in [2.45, 2.75) is 0 Å². The molecule has 0 bridgehead atoms. The summed E-state index contributed by atoms with van der Waals surface area (Å²) in [6, 6.07) is 6.53. The van der Waals surface area contributed by atoms with E-state index in [-0.39, 0.29) is 23.1 Å². The van der Waals surface area contributed by atoms with E-state index in [1.165, 1.54) is 0 Å². The van der Waals surface area contributed by atoms with E-state index in [9.17, 15) is 0 Å². The SMILES string of the molecule is NC(=N[NH+]=Cc1ccc(O)cc1)c1nonc1N. The smallest absolute Gasteiger partial charge is 0.224 e. The van der Waals surface area contributed by atoms with Gasteiger partial charge in [-0.2, -0.15) is 0 Å². The molecule has 0 spiro atoms. The van der Waals surface area contributed by atoms with E-state index in [2.05, 4.69) is 25.1 Å². The highest BCUT2D eigenvalue weighted by atomic mass is 16.6. The van der Waals surface area contributed by atoms with E-state index in [4.69, 9.17) is 16.6 Å². The summed E-state index contributed by atoms with van der Waals surface area (Å²) < 4.78 is 4.39. The fraction of sp³-hybridized carbons (Fsp3) is 0. The van der Waals surface area contributed by atoms with Crippen molar-refractivity contribution in [1.29, 1.82) is 0 Å². The van der Waals surface area contributed by atoms with Gasteiger partial charge in [0, 0.05) is 10.7 Å². The van der Waals surface area contributed by atoms with Gasteiger partial charge in [-0.15, -0.1) is 5.10 Å². The topological polar surface area (TPSA) is 138 Å². The Morgan fingerprint density at radius 1 is 1.33 bits per heavy atom. The lowest BCUT2D eigenvalue weighted by Crippen LogP contribution is -2.63. The third-order valence-corrected chi connectivity index (χ3v) is 2.07. The number of phenols is 1. The first-order valence-electron chi connectivity index (χ1n) is 4.96. The molecule has 1 aromatic heterocycles.